The van der Waals surface area contributed by atoms with Crippen molar-refractivity contribution in [2.75, 3.05) is 20.2 Å². The lowest BCUT2D eigenvalue weighted by molar-refractivity contribution is -0.136. The van der Waals surface area contributed by atoms with Gasteiger partial charge in [0.1, 0.15) is 12.0 Å². The molecule has 3 aliphatic rings. The van der Waals surface area contributed by atoms with Crippen LogP contribution in [0.3, 0.4) is 0 Å². The van der Waals surface area contributed by atoms with Crippen LogP contribution in [0.5, 0.6) is 5.75 Å². The number of carbonyl (C=O) groups excluding carboxylic acids is 1. The van der Waals surface area contributed by atoms with Crippen LogP contribution in [-0.4, -0.2) is 43.5 Å². The lowest BCUT2D eigenvalue weighted by atomic mass is 9.81. The van der Waals surface area contributed by atoms with Crippen molar-refractivity contribution in [3.8, 4) is 5.75 Å². The number of benzene rings is 2. The number of piperidine rings is 1. The summed E-state index contributed by atoms with van der Waals surface area (Å²) in [6.45, 7) is 2.69. The number of amides is 1. The van der Waals surface area contributed by atoms with Gasteiger partial charge in [0.05, 0.1) is 19.2 Å². The predicted molar refractivity (Wildman–Crippen MR) is 121 cm³/mol. The third-order valence-electron chi connectivity index (χ3n) is 6.76. The fourth-order valence-electron chi connectivity index (χ4n) is 5.01. The summed E-state index contributed by atoms with van der Waals surface area (Å²) < 4.78 is 5.23. The van der Waals surface area contributed by atoms with Crippen LogP contribution in [0.1, 0.15) is 23.1 Å². The fourth-order valence-corrected chi connectivity index (χ4v) is 5.01. The molecule has 1 amide bonds. The monoisotopic (exact) mass is 418 g/mol. The van der Waals surface area contributed by atoms with Gasteiger partial charge in [0.15, 0.2) is 0 Å². The van der Waals surface area contributed by atoms with E-state index in [-0.39, 0.29) is 30.2 Å². The van der Waals surface area contributed by atoms with Crippen LogP contribution in [0.2, 0.25) is 0 Å². The molecule has 2 aromatic rings. The third-order valence-corrected chi connectivity index (χ3v) is 6.76. The number of fused-ring (bicyclic) bond motifs is 2. The topological polar surface area (TPSA) is 65.6 Å². The van der Waals surface area contributed by atoms with Crippen LogP contribution in [0.15, 0.2) is 54.6 Å². The van der Waals surface area contributed by atoms with Crippen molar-refractivity contribution in [1.29, 1.82) is 0 Å². The van der Waals surface area contributed by atoms with Crippen molar-refractivity contribution in [1.82, 2.24) is 20.9 Å². The molecule has 2 saturated heterocycles. The van der Waals surface area contributed by atoms with E-state index < -0.39 is 0 Å². The molecular weight excluding hydrogens is 388 g/mol. The first-order valence-corrected chi connectivity index (χ1v) is 11.1. The number of ether oxygens (including phenoxy) is 1. The van der Waals surface area contributed by atoms with Gasteiger partial charge in [0, 0.05) is 13.1 Å². The molecule has 0 bridgehead atoms. The Hall–Kier alpha value is -2.67. The average molecular weight is 419 g/mol. The van der Waals surface area contributed by atoms with Gasteiger partial charge >= 0.3 is 0 Å². The van der Waals surface area contributed by atoms with E-state index in [0.717, 1.165) is 43.8 Å². The van der Waals surface area contributed by atoms with E-state index in [9.17, 15) is 4.79 Å². The molecule has 6 heteroatoms. The van der Waals surface area contributed by atoms with E-state index in [1.807, 2.05) is 24.3 Å². The molecule has 0 aliphatic carbocycles. The predicted octanol–water partition coefficient (Wildman–Crippen LogP) is 2.32. The van der Waals surface area contributed by atoms with E-state index in [1.54, 1.807) is 7.11 Å². The normalized spacial score (nSPS) is 28.6. The summed E-state index contributed by atoms with van der Waals surface area (Å²) in [7, 11) is 1.67. The molecule has 4 unspecified atom stereocenters. The molecule has 0 spiro atoms. The molecule has 5 rings (SSSR count). The summed E-state index contributed by atoms with van der Waals surface area (Å²) in [4.78, 5) is 15.5. The maximum absolute atomic E-state index is 13.2. The Morgan fingerprint density at radius 2 is 1.90 bits per heavy atom. The minimum atomic E-state index is -0.140. The number of nitrogens with one attached hydrogen (secondary N) is 3. The summed E-state index contributed by atoms with van der Waals surface area (Å²) >= 11 is 0. The van der Waals surface area contributed by atoms with Crippen molar-refractivity contribution >= 4 is 12.0 Å². The van der Waals surface area contributed by atoms with Crippen molar-refractivity contribution in [2.45, 2.75) is 31.8 Å². The van der Waals surface area contributed by atoms with Gasteiger partial charge in [-0.3, -0.25) is 15.0 Å². The molecule has 0 aromatic heterocycles. The van der Waals surface area contributed by atoms with Gasteiger partial charge in [-0.15, -0.1) is 0 Å². The zero-order valence-electron chi connectivity index (χ0n) is 17.9. The quantitative estimate of drug-likeness (QED) is 0.711. The first-order valence-electron chi connectivity index (χ1n) is 11.1. The van der Waals surface area contributed by atoms with Crippen LogP contribution >= 0.6 is 0 Å². The van der Waals surface area contributed by atoms with E-state index >= 15 is 0 Å². The number of hydrogen-bond acceptors (Lipinski definition) is 5. The highest BCUT2D eigenvalue weighted by Crippen LogP contribution is 2.29. The van der Waals surface area contributed by atoms with Gasteiger partial charge < -0.3 is 15.4 Å². The van der Waals surface area contributed by atoms with Crippen molar-refractivity contribution in [3.63, 3.8) is 0 Å². The second-order valence-electron chi connectivity index (χ2n) is 8.61. The first kappa shape index (κ1) is 20.2. The molecular formula is C25H30N4O2. The Balaban J connectivity index is 1.26. The standard InChI is InChI=1S/C25H30N4O2/c1-31-21-10-7-17(8-11-21)6-9-19-12-14-26-23-22(19)24(30)28-25(27-23)29-15-13-18-4-2-3-5-20(18)16-29/h2-11,19,22-23,25-27H,12-16H2,1H3,(H,28,30)/b9-6+. The Labute approximate surface area is 183 Å². The number of allylic oxidation sites excluding steroid dienone is 1. The van der Waals surface area contributed by atoms with Crippen molar-refractivity contribution < 1.29 is 9.53 Å². The minimum Gasteiger partial charge on any atom is -0.497 e. The Morgan fingerprint density at radius 3 is 2.71 bits per heavy atom. The van der Waals surface area contributed by atoms with Crippen LogP contribution in [0, 0.1) is 11.8 Å². The second-order valence-corrected chi connectivity index (χ2v) is 8.61. The van der Waals surface area contributed by atoms with Gasteiger partial charge in [-0.1, -0.05) is 48.6 Å². The summed E-state index contributed by atoms with van der Waals surface area (Å²) in [6.07, 6.45) is 6.12. The molecule has 2 fully saturated rings. The van der Waals surface area contributed by atoms with Gasteiger partial charge in [-0.05, 0) is 54.1 Å². The largest absolute Gasteiger partial charge is 0.497 e. The summed E-state index contributed by atoms with van der Waals surface area (Å²) in [5, 5.41) is 10.4. The summed E-state index contributed by atoms with van der Waals surface area (Å²) in [5.74, 6) is 1.06. The minimum absolute atomic E-state index is 0.0183. The highest BCUT2D eigenvalue weighted by molar-refractivity contribution is 5.81. The third kappa shape index (κ3) is 4.24. The molecule has 0 radical (unpaired) electrons. The molecule has 3 aliphatic heterocycles. The van der Waals surface area contributed by atoms with E-state index in [1.165, 1.54) is 11.1 Å². The fraction of sp³-hybridized carbons (Fsp3) is 0.400. The number of nitrogens with zero attached hydrogens (tertiary/aromatic N) is 1. The van der Waals surface area contributed by atoms with Gasteiger partial charge in [0.2, 0.25) is 5.91 Å². The summed E-state index contributed by atoms with van der Waals surface area (Å²) in [6, 6.07) is 16.6. The Kier molecular flexibility index (Phi) is 5.76. The van der Waals surface area contributed by atoms with Gasteiger partial charge in [-0.25, -0.2) is 0 Å². The van der Waals surface area contributed by atoms with E-state index in [4.69, 9.17) is 4.74 Å². The molecule has 3 N–H and O–H groups in total. The zero-order chi connectivity index (χ0) is 21.2. The van der Waals surface area contributed by atoms with Crippen LogP contribution < -0.4 is 20.7 Å². The molecule has 31 heavy (non-hydrogen) atoms. The van der Waals surface area contributed by atoms with Crippen LogP contribution in [0.25, 0.3) is 6.08 Å². The SMILES string of the molecule is COc1ccc(/C=C/C2CCNC3NC(N4CCc5ccccc5C4)NC(=O)C23)cc1. The molecule has 2 aromatic carbocycles. The highest BCUT2D eigenvalue weighted by atomic mass is 16.5. The smallest absolute Gasteiger partial charge is 0.228 e. The molecule has 162 valence electrons. The molecule has 3 heterocycles. The first-order chi connectivity index (χ1) is 15.2. The maximum atomic E-state index is 13.2. The zero-order valence-corrected chi connectivity index (χ0v) is 17.9. The van der Waals surface area contributed by atoms with Crippen LogP contribution in [-0.2, 0) is 17.8 Å². The Morgan fingerprint density at radius 1 is 1.10 bits per heavy atom. The van der Waals surface area contributed by atoms with Crippen molar-refractivity contribution in [2.24, 2.45) is 11.8 Å². The van der Waals surface area contributed by atoms with Gasteiger partial charge in [0.25, 0.3) is 0 Å². The number of methoxy groups -OCH3 is 1. The van der Waals surface area contributed by atoms with Crippen LogP contribution in [0.4, 0.5) is 0 Å². The van der Waals surface area contributed by atoms with E-state index in [2.05, 4.69) is 57.3 Å². The van der Waals surface area contributed by atoms with Crippen molar-refractivity contribution in [3.05, 3.63) is 71.3 Å². The average Bonchev–Trinajstić information content (AvgIpc) is 2.82. The second kappa shape index (κ2) is 8.83. The Bertz CT molecular complexity index is 958. The van der Waals surface area contributed by atoms with Gasteiger partial charge in [-0.2, -0.15) is 0 Å². The molecule has 0 saturated carbocycles. The summed E-state index contributed by atoms with van der Waals surface area (Å²) in [5.41, 5.74) is 3.88. The van der Waals surface area contributed by atoms with E-state index in [0.29, 0.717) is 0 Å². The number of hydrogen-bond donors (Lipinski definition) is 3. The number of rotatable bonds is 4. The maximum Gasteiger partial charge on any atom is 0.228 e. The molecule has 4 atom stereocenters. The molecule has 6 nitrogen and oxygen atoms in total. The lowest BCUT2D eigenvalue weighted by Gasteiger charge is -2.47. The highest BCUT2D eigenvalue weighted by Gasteiger charge is 2.43. The lowest BCUT2D eigenvalue weighted by Crippen LogP contribution is -2.72. The number of carbonyl (C=O) groups is 1.